The average molecular weight is 355 g/mol. The standard InChI is InChI=1S/C7H4F3O.C2H6.3CH3.Sn/c8-7(9,10)11-6-4-2-1-3-5-6;1-2;;;;/h1-2,4-5H;1-2H3;3*1H3;. The molecule has 1 aromatic rings. The van der Waals surface area contributed by atoms with Crippen LogP contribution in [0.2, 0.25) is 14.8 Å². The normalized spacial score (nSPS) is 11.5. The summed E-state index contributed by atoms with van der Waals surface area (Å²) in [5.41, 5.74) is 0. The van der Waals surface area contributed by atoms with E-state index in [4.69, 9.17) is 0 Å². The van der Waals surface area contributed by atoms with Gasteiger partial charge in [0.05, 0.1) is 0 Å². The Morgan fingerprint density at radius 3 is 2.00 bits per heavy atom. The van der Waals surface area contributed by atoms with E-state index in [2.05, 4.69) is 19.6 Å². The fraction of sp³-hybridized carbons (Fsp3) is 0.500. The molecular formula is C12H19F3OSn. The molecule has 0 amide bonds. The van der Waals surface area contributed by atoms with Crippen molar-refractivity contribution in [2.75, 3.05) is 0 Å². The van der Waals surface area contributed by atoms with Crippen LogP contribution in [0.3, 0.4) is 0 Å². The van der Waals surface area contributed by atoms with E-state index >= 15 is 0 Å². The number of hydrogen-bond donors (Lipinski definition) is 0. The van der Waals surface area contributed by atoms with Gasteiger partial charge < -0.3 is 0 Å². The van der Waals surface area contributed by atoms with E-state index in [0.29, 0.717) is 0 Å². The van der Waals surface area contributed by atoms with Crippen molar-refractivity contribution in [3.8, 4) is 5.75 Å². The van der Waals surface area contributed by atoms with Crippen molar-refractivity contribution < 1.29 is 17.9 Å². The van der Waals surface area contributed by atoms with Gasteiger partial charge in [-0.25, -0.2) is 0 Å². The molecule has 0 aliphatic carbocycles. The number of benzene rings is 1. The Morgan fingerprint density at radius 2 is 1.59 bits per heavy atom. The van der Waals surface area contributed by atoms with Crippen molar-refractivity contribution in [3.05, 3.63) is 24.3 Å². The Hall–Kier alpha value is -0.391. The summed E-state index contributed by atoms with van der Waals surface area (Å²) in [5, 5.41) is 0. The van der Waals surface area contributed by atoms with E-state index in [0.717, 1.165) is 3.58 Å². The zero-order valence-electron chi connectivity index (χ0n) is 10.9. The minimum atomic E-state index is -4.61. The molecule has 0 aromatic heterocycles. The van der Waals surface area contributed by atoms with E-state index in [1.165, 1.54) is 12.1 Å². The second kappa shape index (κ2) is 6.52. The Labute approximate surface area is 105 Å². The molecule has 0 bridgehead atoms. The van der Waals surface area contributed by atoms with Gasteiger partial charge in [0.25, 0.3) is 0 Å². The third-order valence-corrected chi connectivity index (χ3v) is 7.76. The summed E-state index contributed by atoms with van der Waals surface area (Å²) in [6, 6.07) is 6.32. The second-order valence-electron chi connectivity index (χ2n) is 4.33. The number of hydrogen-bond acceptors (Lipinski definition) is 1. The SMILES string of the molecule is CC.[CH3][Sn]([CH3])([CH3])[c]1cccc(OC(F)(F)F)c1. The van der Waals surface area contributed by atoms with Gasteiger partial charge in [-0.2, -0.15) is 0 Å². The van der Waals surface area contributed by atoms with Gasteiger partial charge in [-0.15, -0.1) is 0 Å². The maximum absolute atomic E-state index is 12.0. The van der Waals surface area contributed by atoms with E-state index < -0.39 is 24.7 Å². The first-order chi connectivity index (χ1) is 7.68. The molecule has 5 heteroatoms. The molecule has 17 heavy (non-hydrogen) atoms. The maximum atomic E-state index is 12.0. The Kier molecular flexibility index (Phi) is 6.37. The molecule has 0 saturated carbocycles. The number of alkyl halides is 3. The summed E-state index contributed by atoms with van der Waals surface area (Å²) in [6.07, 6.45) is -4.61. The van der Waals surface area contributed by atoms with Gasteiger partial charge in [-0.3, -0.25) is 0 Å². The van der Waals surface area contributed by atoms with Gasteiger partial charge >= 0.3 is 91.1 Å². The second-order valence-corrected chi connectivity index (χ2v) is 18.8. The Bertz CT molecular complexity index is 342. The molecule has 98 valence electrons. The van der Waals surface area contributed by atoms with E-state index in [-0.39, 0.29) is 5.75 Å². The molecule has 0 unspecified atom stereocenters. The van der Waals surface area contributed by atoms with Crippen LogP contribution in [-0.2, 0) is 0 Å². The van der Waals surface area contributed by atoms with Crippen LogP contribution in [0.25, 0.3) is 0 Å². The molecule has 0 fully saturated rings. The van der Waals surface area contributed by atoms with Gasteiger partial charge in [0.15, 0.2) is 0 Å². The minimum absolute atomic E-state index is 0.119. The zero-order chi connectivity index (χ0) is 13.7. The Balaban J connectivity index is 0.00000121. The molecule has 0 atom stereocenters. The van der Waals surface area contributed by atoms with Crippen molar-refractivity contribution in [3.63, 3.8) is 0 Å². The topological polar surface area (TPSA) is 9.23 Å². The van der Waals surface area contributed by atoms with Crippen molar-refractivity contribution in [2.45, 2.75) is 35.0 Å². The molecule has 0 spiro atoms. The summed E-state index contributed by atoms with van der Waals surface area (Å²) in [6.45, 7) is 4.00. The first-order valence-electron chi connectivity index (χ1n) is 5.55. The average Bonchev–Trinajstić information content (AvgIpc) is 2.17. The molecule has 0 radical (unpaired) electrons. The summed E-state index contributed by atoms with van der Waals surface area (Å²) in [7, 11) is 0. The van der Waals surface area contributed by atoms with Gasteiger partial charge in [0, 0.05) is 0 Å². The number of halogens is 3. The summed E-state index contributed by atoms with van der Waals surface area (Å²) in [5.74, 6) is -0.119. The van der Waals surface area contributed by atoms with Crippen LogP contribution >= 0.6 is 0 Å². The van der Waals surface area contributed by atoms with Crippen LogP contribution < -0.4 is 8.32 Å². The fourth-order valence-electron chi connectivity index (χ4n) is 1.16. The predicted molar refractivity (Wildman–Crippen MR) is 67.5 cm³/mol. The number of ether oxygens (including phenoxy) is 1. The molecule has 0 saturated heterocycles. The third kappa shape index (κ3) is 6.81. The van der Waals surface area contributed by atoms with E-state index in [1.807, 2.05) is 19.9 Å². The summed E-state index contributed by atoms with van der Waals surface area (Å²) >= 11 is -2.30. The third-order valence-electron chi connectivity index (χ3n) is 1.93. The first-order valence-corrected chi connectivity index (χ1v) is 15.5. The quantitative estimate of drug-likeness (QED) is 0.725. The van der Waals surface area contributed by atoms with Crippen LogP contribution in [0.5, 0.6) is 5.75 Å². The molecule has 1 rings (SSSR count). The van der Waals surface area contributed by atoms with Crippen LogP contribution in [0.1, 0.15) is 13.8 Å². The molecule has 1 nitrogen and oxygen atoms in total. The molecular weight excluding hydrogens is 336 g/mol. The van der Waals surface area contributed by atoms with Crippen LogP contribution in [-0.4, -0.2) is 24.7 Å². The van der Waals surface area contributed by atoms with Gasteiger partial charge in [0.2, 0.25) is 0 Å². The van der Waals surface area contributed by atoms with Gasteiger partial charge in [0.1, 0.15) is 0 Å². The van der Waals surface area contributed by atoms with E-state index in [9.17, 15) is 13.2 Å². The molecule has 0 aliphatic heterocycles. The molecule has 0 aliphatic rings. The van der Waals surface area contributed by atoms with Crippen molar-refractivity contribution in [1.82, 2.24) is 0 Å². The zero-order valence-corrected chi connectivity index (χ0v) is 13.7. The predicted octanol–water partition coefficient (Wildman–Crippen LogP) is 4.16. The van der Waals surface area contributed by atoms with Crippen LogP contribution in [0, 0.1) is 0 Å². The molecule has 0 N–H and O–H groups in total. The molecule has 0 heterocycles. The van der Waals surface area contributed by atoms with E-state index in [1.54, 1.807) is 6.07 Å². The van der Waals surface area contributed by atoms with Crippen LogP contribution in [0.15, 0.2) is 24.3 Å². The van der Waals surface area contributed by atoms with Crippen molar-refractivity contribution in [1.29, 1.82) is 0 Å². The van der Waals surface area contributed by atoms with Crippen LogP contribution in [0.4, 0.5) is 13.2 Å². The monoisotopic (exact) mass is 356 g/mol. The molecule has 1 aromatic carbocycles. The van der Waals surface area contributed by atoms with Gasteiger partial charge in [-0.05, 0) is 0 Å². The number of rotatable bonds is 2. The van der Waals surface area contributed by atoms with Crippen molar-refractivity contribution in [2.24, 2.45) is 0 Å². The summed E-state index contributed by atoms with van der Waals surface area (Å²) < 4.78 is 40.8. The Morgan fingerprint density at radius 1 is 1.06 bits per heavy atom. The summed E-state index contributed by atoms with van der Waals surface area (Å²) in [4.78, 5) is 6.42. The van der Waals surface area contributed by atoms with Gasteiger partial charge in [-0.1, -0.05) is 13.8 Å². The fourth-order valence-corrected chi connectivity index (χ4v) is 4.50. The van der Waals surface area contributed by atoms with Crippen molar-refractivity contribution >= 4 is 22.0 Å². The first kappa shape index (κ1) is 16.6.